The first kappa shape index (κ1) is 31.8. The molecule has 1 aliphatic heterocycles. The first-order valence-corrected chi connectivity index (χ1v) is 19.4. The Kier molecular flexibility index (Phi) is 7.19. The number of hydrogen-bond acceptors (Lipinski definition) is 1. The van der Waals surface area contributed by atoms with E-state index in [9.17, 15) is 0 Å². The van der Waals surface area contributed by atoms with Crippen molar-refractivity contribution in [1.82, 2.24) is 0 Å². The van der Waals surface area contributed by atoms with E-state index in [1.165, 1.54) is 55.6 Å². The van der Waals surface area contributed by atoms with Gasteiger partial charge in [-0.05, 0) is 97.8 Å². The number of benzene rings is 8. The van der Waals surface area contributed by atoms with Gasteiger partial charge in [-0.3, -0.25) is 0 Å². The van der Waals surface area contributed by atoms with Gasteiger partial charge in [-0.1, -0.05) is 188 Å². The highest BCUT2D eigenvalue weighted by molar-refractivity contribution is 5.93. The molecule has 0 spiro atoms. The highest BCUT2D eigenvalue weighted by atomic mass is 16.5. The summed E-state index contributed by atoms with van der Waals surface area (Å²) in [5.74, 6) is 1.76. The number of rotatable bonds is 5. The molecule has 0 radical (unpaired) electrons. The summed E-state index contributed by atoms with van der Waals surface area (Å²) in [5.41, 5.74) is 16.6. The molecule has 0 N–H and O–H groups in total. The second-order valence-corrected chi connectivity index (χ2v) is 15.0. The average molecular weight is 703 g/mol. The summed E-state index contributed by atoms with van der Waals surface area (Å²) in [6.07, 6.45) is 6.87. The maximum Gasteiger partial charge on any atom is 0.132 e. The molecule has 2 aliphatic carbocycles. The van der Waals surface area contributed by atoms with E-state index in [-0.39, 0.29) is 0 Å². The van der Waals surface area contributed by atoms with Crippen molar-refractivity contribution in [1.29, 1.82) is 0 Å². The Morgan fingerprint density at radius 1 is 0.418 bits per heavy atom. The molecule has 1 heteroatoms. The van der Waals surface area contributed by atoms with E-state index >= 15 is 0 Å². The summed E-state index contributed by atoms with van der Waals surface area (Å²) in [6.45, 7) is 0. The van der Waals surface area contributed by atoms with Gasteiger partial charge in [0.05, 0.1) is 10.8 Å². The van der Waals surface area contributed by atoms with Crippen molar-refractivity contribution in [2.45, 2.75) is 23.7 Å². The summed E-state index contributed by atoms with van der Waals surface area (Å²) in [7, 11) is 0. The molecular weight excluding hydrogens is 665 g/mol. The molecule has 0 saturated carbocycles. The molecule has 1 nitrogen and oxygen atoms in total. The molecule has 1 atom stereocenters. The summed E-state index contributed by atoms with van der Waals surface area (Å²) in [4.78, 5) is 0. The molecule has 0 amide bonds. The van der Waals surface area contributed by atoms with Gasteiger partial charge in [0.15, 0.2) is 0 Å². The van der Waals surface area contributed by atoms with Crippen LogP contribution >= 0.6 is 0 Å². The minimum Gasteiger partial charge on any atom is -0.457 e. The Morgan fingerprint density at radius 3 is 1.75 bits per heavy atom. The van der Waals surface area contributed by atoms with E-state index < -0.39 is 10.8 Å². The van der Waals surface area contributed by atoms with Crippen molar-refractivity contribution < 1.29 is 4.74 Å². The zero-order valence-electron chi connectivity index (χ0n) is 30.5. The average Bonchev–Trinajstić information content (AvgIpc) is 3.58. The molecule has 260 valence electrons. The van der Waals surface area contributed by atoms with Crippen LogP contribution in [-0.2, 0) is 17.3 Å². The molecule has 8 aromatic rings. The van der Waals surface area contributed by atoms with Gasteiger partial charge >= 0.3 is 0 Å². The van der Waals surface area contributed by atoms with Gasteiger partial charge in [0, 0.05) is 11.1 Å². The van der Waals surface area contributed by atoms with Crippen LogP contribution in [0.1, 0.15) is 62.1 Å². The topological polar surface area (TPSA) is 9.23 Å². The fraction of sp³-hybridized carbons (Fsp3) is 0.0741. The summed E-state index contributed by atoms with van der Waals surface area (Å²) < 4.78 is 6.90. The number of ether oxygens (including phenoxy) is 1. The van der Waals surface area contributed by atoms with E-state index in [0.717, 1.165) is 46.6 Å². The maximum absolute atomic E-state index is 6.90. The lowest BCUT2D eigenvalue weighted by Gasteiger charge is -2.43. The van der Waals surface area contributed by atoms with Crippen LogP contribution < -0.4 is 4.74 Å². The van der Waals surface area contributed by atoms with Crippen LogP contribution in [0.5, 0.6) is 11.5 Å². The van der Waals surface area contributed by atoms with Crippen molar-refractivity contribution in [3.05, 3.63) is 256 Å². The quantitative estimate of drug-likeness (QED) is 0.173. The molecule has 1 heterocycles. The van der Waals surface area contributed by atoms with Gasteiger partial charge in [0.25, 0.3) is 0 Å². The number of fused-ring (bicyclic) bond motifs is 7. The van der Waals surface area contributed by atoms with Crippen molar-refractivity contribution >= 4 is 6.08 Å². The van der Waals surface area contributed by atoms with Crippen LogP contribution in [0.25, 0.3) is 28.3 Å². The zero-order chi connectivity index (χ0) is 36.4. The fourth-order valence-corrected chi connectivity index (χ4v) is 10.2. The lowest BCUT2D eigenvalue weighted by molar-refractivity contribution is 0.435. The predicted molar refractivity (Wildman–Crippen MR) is 225 cm³/mol. The molecule has 8 aromatic carbocycles. The Labute approximate surface area is 322 Å². The van der Waals surface area contributed by atoms with Crippen molar-refractivity contribution in [3.8, 4) is 33.8 Å². The van der Waals surface area contributed by atoms with E-state index in [1.807, 2.05) is 0 Å². The minimum absolute atomic E-state index is 0.516. The van der Waals surface area contributed by atoms with Crippen LogP contribution in [0.3, 0.4) is 0 Å². The summed E-state index contributed by atoms with van der Waals surface area (Å²) >= 11 is 0. The number of para-hydroxylation sites is 1. The van der Waals surface area contributed by atoms with Crippen molar-refractivity contribution in [2.24, 2.45) is 0 Å². The Balaban J connectivity index is 1.22. The van der Waals surface area contributed by atoms with Crippen LogP contribution in [0.2, 0.25) is 0 Å². The third kappa shape index (κ3) is 4.47. The van der Waals surface area contributed by atoms with Gasteiger partial charge in [0.1, 0.15) is 11.5 Å². The minimum atomic E-state index is -0.631. The Morgan fingerprint density at radius 2 is 1.00 bits per heavy atom. The van der Waals surface area contributed by atoms with E-state index in [1.54, 1.807) is 0 Å². The lowest BCUT2D eigenvalue weighted by Crippen LogP contribution is -2.34. The number of aryl methyl sites for hydroxylation is 1. The number of allylic oxidation sites excluding steroid dienone is 1. The van der Waals surface area contributed by atoms with Crippen molar-refractivity contribution in [3.63, 3.8) is 0 Å². The largest absolute Gasteiger partial charge is 0.457 e. The third-order valence-corrected chi connectivity index (χ3v) is 12.3. The van der Waals surface area contributed by atoms with Crippen LogP contribution in [0, 0.1) is 0 Å². The third-order valence-electron chi connectivity index (χ3n) is 12.3. The molecule has 11 rings (SSSR count). The van der Waals surface area contributed by atoms with E-state index in [2.05, 4.69) is 206 Å². The van der Waals surface area contributed by atoms with Gasteiger partial charge < -0.3 is 4.74 Å². The van der Waals surface area contributed by atoms with Gasteiger partial charge in [0.2, 0.25) is 0 Å². The molecule has 0 saturated heterocycles. The van der Waals surface area contributed by atoms with Crippen molar-refractivity contribution in [2.75, 3.05) is 0 Å². The second-order valence-electron chi connectivity index (χ2n) is 15.0. The van der Waals surface area contributed by atoms with Gasteiger partial charge in [-0.2, -0.15) is 0 Å². The second kappa shape index (κ2) is 12.4. The highest BCUT2D eigenvalue weighted by Gasteiger charge is 2.49. The summed E-state index contributed by atoms with van der Waals surface area (Å²) in [5, 5.41) is 0. The van der Waals surface area contributed by atoms with Crippen LogP contribution in [-0.4, -0.2) is 0 Å². The van der Waals surface area contributed by atoms with E-state index in [4.69, 9.17) is 4.74 Å². The Hall–Kier alpha value is -6.70. The van der Waals surface area contributed by atoms with Gasteiger partial charge in [-0.25, -0.2) is 0 Å². The molecule has 55 heavy (non-hydrogen) atoms. The number of hydrogen-bond donors (Lipinski definition) is 0. The molecule has 0 bridgehead atoms. The summed E-state index contributed by atoms with van der Waals surface area (Å²) in [6, 6.07) is 71.6. The molecule has 1 unspecified atom stereocenters. The fourth-order valence-electron chi connectivity index (χ4n) is 10.2. The molecular formula is C54H38O. The van der Waals surface area contributed by atoms with E-state index in [0.29, 0.717) is 0 Å². The molecule has 3 aliphatic rings. The normalized spacial score (nSPS) is 16.9. The van der Waals surface area contributed by atoms with Gasteiger partial charge in [-0.15, -0.1) is 0 Å². The smallest absolute Gasteiger partial charge is 0.132 e. The monoisotopic (exact) mass is 702 g/mol. The first-order chi connectivity index (χ1) is 27.3. The maximum atomic E-state index is 6.90. The lowest BCUT2D eigenvalue weighted by atomic mass is 9.62. The predicted octanol–water partition coefficient (Wildman–Crippen LogP) is 13.2. The first-order valence-electron chi connectivity index (χ1n) is 19.4. The highest BCUT2D eigenvalue weighted by Crippen LogP contribution is 2.60. The molecule has 0 fully saturated rings. The standard InChI is InChI=1S/C54H38O/c1-4-20-39(21-5-1)53(46-30-13-12-28-45(46)51-43-27-11-10-18-37(43)34-35-48(51)53)42-26-16-19-38(36-42)44-29-17-33-50-52(44)54(40-22-6-2-7-23-40,41-24-8-3-9-25-41)47-31-14-15-32-49(47)55-50/h1-9,11-17,19-36H,10,18H2. The van der Waals surface area contributed by atoms with Crippen LogP contribution in [0.15, 0.2) is 200 Å². The molecule has 0 aromatic heterocycles. The zero-order valence-corrected chi connectivity index (χ0v) is 30.5. The SMILES string of the molecule is C1=Cc2c(ccc3c2-c2ccccc2C3(c2ccccc2)c2cccc(-c3cccc4c3C(c3ccccc3)(c3ccccc3)c3ccccc3O4)c2)CC1. The van der Waals surface area contributed by atoms with Crippen LogP contribution in [0.4, 0.5) is 0 Å². The Bertz CT molecular complexity index is 2740.